The van der Waals surface area contributed by atoms with Gasteiger partial charge in [-0.2, -0.15) is 5.10 Å². The highest BCUT2D eigenvalue weighted by Gasteiger charge is 2.37. The second-order valence-corrected chi connectivity index (χ2v) is 5.13. The fourth-order valence-electron chi connectivity index (χ4n) is 2.55. The molecule has 1 N–H and O–H groups in total. The summed E-state index contributed by atoms with van der Waals surface area (Å²) < 4.78 is 4.44. The predicted molar refractivity (Wildman–Crippen MR) is 80.0 cm³/mol. The van der Waals surface area contributed by atoms with Gasteiger partial charge >= 0.3 is 6.09 Å². The molecule has 1 aromatic carbocycles. The summed E-state index contributed by atoms with van der Waals surface area (Å²) in [7, 11) is 3.33. The minimum absolute atomic E-state index is 0.0946. The normalized spacial score (nSPS) is 18.4. The van der Waals surface area contributed by atoms with E-state index in [2.05, 4.69) is 46.1 Å². The van der Waals surface area contributed by atoms with Crippen LogP contribution < -0.4 is 10.3 Å². The number of hydrazone groups is 1. The van der Waals surface area contributed by atoms with E-state index >= 15 is 0 Å². The number of anilines is 1. The molecular formula is C15H19N3O2. The van der Waals surface area contributed by atoms with E-state index in [1.54, 1.807) is 6.21 Å². The van der Waals surface area contributed by atoms with Gasteiger partial charge in [0.2, 0.25) is 0 Å². The average molecular weight is 273 g/mol. The summed E-state index contributed by atoms with van der Waals surface area (Å²) >= 11 is 0. The topological polar surface area (TPSA) is 53.9 Å². The molecule has 0 fully saturated rings. The van der Waals surface area contributed by atoms with Crippen molar-refractivity contribution in [1.82, 2.24) is 5.43 Å². The van der Waals surface area contributed by atoms with Crippen LogP contribution in [0.3, 0.4) is 0 Å². The smallest absolute Gasteiger partial charge is 0.427 e. The quantitative estimate of drug-likeness (QED) is 0.665. The van der Waals surface area contributed by atoms with Crippen LogP contribution in [0, 0.1) is 0 Å². The van der Waals surface area contributed by atoms with Gasteiger partial charge in [0.1, 0.15) is 0 Å². The fraction of sp³-hybridized carbons (Fsp3) is 0.333. The molecule has 0 aliphatic carbocycles. The van der Waals surface area contributed by atoms with Gasteiger partial charge in [0, 0.05) is 30.1 Å². The third-order valence-electron chi connectivity index (χ3n) is 3.59. The first kappa shape index (κ1) is 14.1. The maximum absolute atomic E-state index is 10.9. The Morgan fingerprint density at radius 1 is 1.40 bits per heavy atom. The maximum Gasteiger partial charge on any atom is 0.427 e. The molecule has 1 aliphatic rings. The molecule has 1 aromatic rings. The van der Waals surface area contributed by atoms with Gasteiger partial charge in [-0.3, -0.25) is 0 Å². The monoisotopic (exact) mass is 273 g/mol. The van der Waals surface area contributed by atoms with Crippen molar-refractivity contribution in [3.63, 3.8) is 0 Å². The van der Waals surface area contributed by atoms with Crippen molar-refractivity contribution in [3.8, 4) is 0 Å². The zero-order valence-corrected chi connectivity index (χ0v) is 12.2. The first-order chi connectivity index (χ1) is 9.48. The Kier molecular flexibility index (Phi) is 3.79. The van der Waals surface area contributed by atoms with Crippen LogP contribution in [0.25, 0.3) is 0 Å². The number of methoxy groups -OCH3 is 1. The molecule has 1 heterocycles. The lowest BCUT2D eigenvalue weighted by Gasteiger charge is -2.23. The van der Waals surface area contributed by atoms with Crippen molar-refractivity contribution in [3.05, 3.63) is 41.6 Å². The Morgan fingerprint density at radius 2 is 2.10 bits per heavy atom. The van der Waals surface area contributed by atoms with Crippen LogP contribution in [0.2, 0.25) is 0 Å². The summed E-state index contributed by atoms with van der Waals surface area (Å²) in [5.41, 5.74) is 5.76. The number of nitrogens with one attached hydrogen (secondary N) is 1. The van der Waals surface area contributed by atoms with E-state index in [9.17, 15) is 4.79 Å². The highest BCUT2D eigenvalue weighted by molar-refractivity contribution is 5.80. The lowest BCUT2D eigenvalue weighted by atomic mass is 9.84. The Balaban J connectivity index is 2.24. The van der Waals surface area contributed by atoms with Crippen molar-refractivity contribution in [2.24, 2.45) is 5.10 Å². The second-order valence-electron chi connectivity index (χ2n) is 5.13. The summed E-state index contributed by atoms with van der Waals surface area (Å²) in [6, 6.07) is 8.31. The van der Waals surface area contributed by atoms with Gasteiger partial charge in [-0.1, -0.05) is 32.0 Å². The molecule has 0 atom stereocenters. The van der Waals surface area contributed by atoms with Gasteiger partial charge in [-0.15, -0.1) is 0 Å². The number of carbonyl (C=O) groups is 1. The summed E-state index contributed by atoms with van der Waals surface area (Å²) in [5.74, 6) is 0. The standard InChI is InChI=1S/C15H19N3O2/c1-15(2)11-7-5-6-8-12(11)18(3)13(15)9-10-16-17-14(19)20-4/h5-10H,1-4H3,(H,17,19)/b13-9+,16-10+. The van der Waals surface area contributed by atoms with Crippen LogP contribution in [0.4, 0.5) is 10.5 Å². The minimum Gasteiger partial charge on any atom is -0.452 e. The number of ether oxygens (including phenoxy) is 1. The second kappa shape index (κ2) is 5.36. The van der Waals surface area contributed by atoms with Crippen molar-refractivity contribution >= 4 is 18.0 Å². The molecule has 0 unspecified atom stereocenters. The van der Waals surface area contributed by atoms with E-state index in [0.29, 0.717) is 0 Å². The first-order valence-electron chi connectivity index (χ1n) is 6.39. The van der Waals surface area contributed by atoms with Crippen LogP contribution >= 0.6 is 0 Å². The summed E-state index contributed by atoms with van der Waals surface area (Å²) in [4.78, 5) is 13.0. The molecule has 20 heavy (non-hydrogen) atoms. The summed E-state index contributed by atoms with van der Waals surface area (Å²) in [5, 5.41) is 3.82. The van der Waals surface area contributed by atoms with Crippen LogP contribution in [0.15, 0.2) is 41.1 Å². The van der Waals surface area contributed by atoms with E-state index in [1.807, 2.05) is 25.3 Å². The number of rotatable bonds is 2. The van der Waals surface area contributed by atoms with Gasteiger partial charge in [0.15, 0.2) is 0 Å². The van der Waals surface area contributed by atoms with Crippen LogP contribution in [0.1, 0.15) is 19.4 Å². The van der Waals surface area contributed by atoms with Gasteiger partial charge in [0.05, 0.1) is 7.11 Å². The van der Waals surface area contributed by atoms with E-state index in [-0.39, 0.29) is 5.41 Å². The predicted octanol–water partition coefficient (Wildman–Crippen LogP) is 2.64. The Morgan fingerprint density at radius 3 is 2.75 bits per heavy atom. The minimum atomic E-state index is -0.582. The summed E-state index contributed by atoms with van der Waals surface area (Å²) in [6.45, 7) is 4.34. The van der Waals surface area contributed by atoms with Crippen molar-refractivity contribution < 1.29 is 9.53 Å². The largest absolute Gasteiger partial charge is 0.452 e. The summed E-state index contributed by atoms with van der Waals surface area (Å²) in [6.07, 6.45) is 2.88. The van der Waals surface area contributed by atoms with E-state index in [0.717, 1.165) is 5.70 Å². The number of nitrogens with zero attached hydrogens (tertiary/aromatic N) is 2. The number of amides is 1. The van der Waals surface area contributed by atoms with Crippen LogP contribution in [-0.4, -0.2) is 26.5 Å². The van der Waals surface area contributed by atoms with E-state index < -0.39 is 6.09 Å². The van der Waals surface area contributed by atoms with Gasteiger partial charge in [0.25, 0.3) is 0 Å². The zero-order valence-electron chi connectivity index (χ0n) is 12.2. The molecule has 5 heteroatoms. The third kappa shape index (κ3) is 2.39. The molecule has 0 bridgehead atoms. The van der Waals surface area contributed by atoms with Crippen LogP contribution in [0.5, 0.6) is 0 Å². The lowest BCUT2D eigenvalue weighted by Crippen LogP contribution is -2.23. The number of benzene rings is 1. The number of hydrogen-bond acceptors (Lipinski definition) is 4. The van der Waals surface area contributed by atoms with Crippen molar-refractivity contribution in [2.75, 3.05) is 19.1 Å². The van der Waals surface area contributed by atoms with Gasteiger partial charge in [-0.05, 0) is 17.7 Å². The van der Waals surface area contributed by atoms with Crippen molar-refractivity contribution in [2.45, 2.75) is 19.3 Å². The first-order valence-corrected chi connectivity index (χ1v) is 6.39. The maximum atomic E-state index is 10.9. The highest BCUT2D eigenvalue weighted by Crippen LogP contribution is 2.46. The van der Waals surface area contributed by atoms with E-state index in [1.165, 1.54) is 18.4 Å². The SMILES string of the molecule is COC(=O)N/N=C/C=C1/N(C)c2ccccc2C1(C)C. The Bertz CT molecular complexity index is 576. The van der Waals surface area contributed by atoms with Crippen molar-refractivity contribution in [1.29, 1.82) is 0 Å². The molecule has 0 saturated heterocycles. The molecule has 106 valence electrons. The molecule has 0 spiro atoms. The number of fused-ring (bicyclic) bond motifs is 1. The third-order valence-corrected chi connectivity index (χ3v) is 3.59. The molecular weight excluding hydrogens is 254 g/mol. The number of allylic oxidation sites excluding steroid dienone is 2. The van der Waals surface area contributed by atoms with E-state index in [4.69, 9.17) is 0 Å². The fourth-order valence-corrected chi connectivity index (χ4v) is 2.55. The number of carbonyl (C=O) groups excluding carboxylic acids is 1. The molecule has 0 aromatic heterocycles. The van der Waals surface area contributed by atoms with Gasteiger partial charge < -0.3 is 9.64 Å². The number of para-hydroxylation sites is 1. The molecule has 1 aliphatic heterocycles. The zero-order chi connectivity index (χ0) is 14.8. The number of hydrogen-bond donors (Lipinski definition) is 1. The number of likely N-dealkylation sites (N-methyl/N-ethyl adjacent to an activating group) is 1. The molecule has 0 radical (unpaired) electrons. The molecule has 2 rings (SSSR count). The van der Waals surface area contributed by atoms with Gasteiger partial charge in [-0.25, -0.2) is 10.2 Å². The Labute approximate surface area is 118 Å². The molecule has 5 nitrogen and oxygen atoms in total. The van der Waals surface area contributed by atoms with Crippen LogP contribution in [-0.2, 0) is 10.2 Å². The highest BCUT2D eigenvalue weighted by atomic mass is 16.5. The average Bonchev–Trinajstić information content (AvgIpc) is 2.64. The molecule has 0 saturated carbocycles. The Hall–Kier alpha value is -2.30. The molecule has 1 amide bonds. The lowest BCUT2D eigenvalue weighted by molar-refractivity contribution is 0.171.